The third kappa shape index (κ3) is 3.34. The van der Waals surface area contributed by atoms with E-state index in [2.05, 4.69) is 10.6 Å². The van der Waals surface area contributed by atoms with Crippen molar-refractivity contribution < 1.29 is 14.3 Å². The van der Waals surface area contributed by atoms with E-state index in [-0.39, 0.29) is 24.3 Å². The predicted molar refractivity (Wildman–Crippen MR) is 88.8 cm³/mol. The van der Waals surface area contributed by atoms with Crippen LogP contribution in [0.3, 0.4) is 0 Å². The van der Waals surface area contributed by atoms with Crippen molar-refractivity contribution in [2.45, 2.75) is 19.8 Å². The number of nitrogens with one attached hydrogen (secondary N) is 2. The smallest absolute Gasteiger partial charge is 0.262 e. The van der Waals surface area contributed by atoms with Crippen LogP contribution < -0.4 is 15.4 Å². The van der Waals surface area contributed by atoms with Gasteiger partial charge in [-0.15, -0.1) is 0 Å². The van der Waals surface area contributed by atoms with Crippen molar-refractivity contribution in [2.24, 2.45) is 0 Å². The van der Waals surface area contributed by atoms with Crippen molar-refractivity contribution in [3.63, 3.8) is 0 Å². The molecule has 2 amide bonds. The van der Waals surface area contributed by atoms with Gasteiger partial charge in [0.2, 0.25) is 5.91 Å². The SMILES string of the molecule is Cc1cccc(OCC(=O)Nc2ccc3c(c2)C(C)C(=O)N3)c1. The minimum atomic E-state index is -0.239. The van der Waals surface area contributed by atoms with Crippen LogP contribution in [-0.2, 0) is 9.59 Å². The van der Waals surface area contributed by atoms with Crippen molar-refractivity contribution in [2.75, 3.05) is 17.2 Å². The average Bonchev–Trinajstić information content (AvgIpc) is 2.80. The first kappa shape index (κ1) is 15.1. The Morgan fingerprint density at radius 2 is 2.09 bits per heavy atom. The molecule has 0 saturated heterocycles. The maximum atomic E-state index is 12.0. The van der Waals surface area contributed by atoms with Gasteiger partial charge in [0.1, 0.15) is 5.75 Å². The highest BCUT2D eigenvalue weighted by Crippen LogP contribution is 2.33. The van der Waals surface area contributed by atoms with E-state index in [1.165, 1.54) is 0 Å². The Bertz CT molecular complexity index is 771. The highest BCUT2D eigenvalue weighted by molar-refractivity contribution is 6.03. The summed E-state index contributed by atoms with van der Waals surface area (Å²) in [6.45, 7) is 3.74. The fourth-order valence-electron chi connectivity index (χ4n) is 2.55. The fourth-order valence-corrected chi connectivity index (χ4v) is 2.55. The summed E-state index contributed by atoms with van der Waals surface area (Å²) in [4.78, 5) is 23.6. The maximum absolute atomic E-state index is 12.0. The van der Waals surface area contributed by atoms with E-state index >= 15 is 0 Å². The van der Waals surface area contributed by atoms with Crippen LogP contribution in [-0.4, -0.2) is 18.4 Å². The standard InChI is InChI=1S/C18H18N2O3/c1-11-4-3-5-14(8-11)23-10-17(21)19-13-6-7-16-15(9-13)12(2)18(22)20-16/h3-9,12H,10H2,1-2H3,(H,19,21)(H,20,22). The van der Waals surface area contributed by atoms with E-state index in [1.807, 2.05) is 44.2 Å². The summed E-state index contributed by atoms with van der Waals surface area (Å²) in [6.07, 6.45) is 0. The Kier molecular flexibility index (Phi) is 4.02. The molecule has 0 aliphatic carbocycles. The highest BCUT2D eigenvalue weighted by Gasteiger charge is 2.26. The molecule has 3 rings (SSSR count). The zero-order valence-corrected chi connectivity index (χ0v) is 13.1. The molecule has 2 aromatic carbocycles. The zero-order valence-electron chi connectivity index (χ0n) is 13.1. The summed E-state index contributed by atoms with van der Waals surface area (Å²) < 4.78 is 5.47. The first-order valence-corrected chi connectivity index (χ1v) is 7.47. The normalized spacial score (nSPS) is 15.7. The lowest BCUT2D eigenvalue weighted by Crippen LogP contribution is -2.20. The molecule has 0 radical (unpaired) electrons. The van der Waals surface area contributed by atoms with Gasteiger partial charge in [-0.25, -0.2) is 0 Å². The quantitative estimate of drug-likeness (QED) is 0.912. The van der Waals surface area contributed by atoms with Crippen LogP contribution in [0.4, 0.5) is 11.4 Å². The Labute approximate surface area is 134 Å². The molecule has 0 spiro atoms. The van der Waals surface area contributed by atoms with Crippen LogP contribution in [0.1, 0.15) is 24.0 Å². The Balaban J connectivity index is 1.61. The summed E-state index contributed by atoms with van der Waals surface area (Å²) in [5.74, 6) is 0.200. The van der Waals surface area contributed by atoms with E-state index in [9.17, 15) is 9.59 Å². The lowest BCUT2D eigenvalue weighted by atomic mass is 10.0. The lowest BCUT2D eigenvalue weighted by Gasteiger charge is -2.09. The van der Waals surface area contributed by atoms with Crippen molar-refractivity contribution in [3.05, 3.63) is 53.6 Å². The minimum absolute atomic E-state index is 0.0220. The number of hydrogen-bond acceptors (Lipinski definition) is 3. The Morgan fingerprint density at radius 3 is 2.87 bits per heavy atom. The summed E-state index contributed by atoms with van der Waals surface area (Å²) in [5.41, 5.74) is 3.43. The molecule has 1 atom stereocenters. The number of anilines is 2. The van der Waals surface area contributed by atoms with Gasteiger partial charge in [-0.3, -0.25) is 9.59 Å². The molecular formula is C18H18N2O3. The van der Waals surface area contributed by atoms with Gasteiger partial charge in [0.05, 0.1) is 5.92 Å². The molecule has 1 heterocycles. The molecule has 0 fully saturated rings. The second kappa shape index (κ2) is 6.12. The number of ether oxygens (including phenoxy) is 1. The van der Waals surface area contributed by atoms with Gasteiger partial charge in [0.15, 0.2) is 6.61 Å². The number of benzene rings is 2. The first-order valence-electron chi connectivity index (χ1n) is 7.47. The van der Waals surface area contributed by atoms with Crippen LogP contribution in [0.15, 0.2) is 42.5 Å². The monoisotopic (exact) mass is 310 g/mol. The molecule has 1 unspecified atom stereocenters. The van der Waals surface area contributed by atoms with Crippen molar-refractivity contribution in [1.29, 1.82) is 0 Å². The molecule has 118 valence electrons. The van der Waals surface area contributed by atoms with Crippen LogP contribution in [0, 0.1) is 6.92 Å². The van der Waals surface area contributed by atoms with E-state index in [0.29, 0.717) is 11.4 Å². The van der Waals surface area contributed by atoms with Gasteiger partial charge >= 0.3 is 0 Å². The predicted octanol–water partition coefficient (Wildman–Crippen LogP) is 3.07. The van der Waals surface area contributed by atoms with Gasteiger partial charge in [0.25, 0.3) is 5.91 Å². The maximum Gasteiger partial charge on any atom is 0.262 e. The number of carbonyl (C=O) groups excluding carboxylic acids is 2. The summed E-state index contributed by atoms with van der Waals surface area (Å²) >= 11 is 0. The van der Waals surface area contributed by atoms with Crippen LogP contribution in [0.2, 0.25) is 0 Å². The van der Waals surface area contributed by atoms with E-state index in [4.69, 9.17) is 4.74 Å². The molecule has 1 aliphatic rings. The molecule has 0 bridgehead atoms. The fraction of sp³-hybridized carbons (Fsp3) is 0.222. The second-order valence-corrected chi connectivity index (χ2v) is 5.67. The van der Waals surface area contributed by atoms with Crippen molar-refractivity contribution in [1.82, 2.24) is 0 Å². The van der Waals surface area contributed by atoms with Crippen LogP contribution >= 0.6 is 0 Å². The zero-order chi connectivity index (χ0) is 16.4. The Morgan fingerprint density at radius 1 is 1.26 bits per heavy atom. The van der Waals surface area contributed by atoms with E-state index in [0.717, 1.165) is 16.8 Å². The van der Waals surface area contributed by atoms with Gasteiger partial charge in [-0.05, 0) is 55.3 Å². The summed E-state index contributed by atoms with van der Waals surface area (Å²) in [5, 5.41) is 5.59. The molecular weight excluding hydrogens is 292 g/mol. The van der Waals surface area contributed by atoms with Gasteiger partial charge in [-0.2, -0.15) is 0 Å². The van der Waals surface area contributed by atoms with Gasteiger partial charge < -0.3 is 15.4 Å². The second-order valence-electron chi connectivity index (χ2n) is 5.67. The number of rotatable bonds is 4. The van der Waals surface area contributed by atoms with Crippen molar-refractivity contribution >= 4 is 23.2 Å². The van der Waals surface area contributed by atoms with E-state index in [1.54, 1.807) is 12.1 Å². The molecule has 5 heteroatoms. The van der Waals surface area contributed by atoms with E-state index < -0.39 is 0 Å². The number of fused-ring (bicyclic) bond motifs is 1. The van der Waals surface area contributed by atoms with Gasteiger partial charge in [0, 0.05) is 11.4 Å². The molecule has 23 heavy (non-hydrogen) atoms. The third-order valence-electron chi connectivity index (χ3n) is 3.81. The number of amides is 2. The van der Waals surface area contributed by atoms with Gasteiger partial charge in [-0.1, -0.05) is 12.1 Å². The molecule has 1 aliphatic heterocycles. The number of aryl methyl sites for hydroxylation is 1. The van der Waals surface area contributed by atoms with Crippen LogP contribution in [0.25, 0.3) is 0 Å². The summed E-state index contributed by atoms with van der Waals surface area (Å²) in [6, 6.07) is 12.9. The topological polar surface area (TPSA) is 67.4 Å². The summed E-state index contributed by atoms with van der Waals surface area (Å²) in [7, 11) is 0. The first-order chi connectivity index (χ1) is 11.0. The molecule has 5 nitrogen and oxygen atoms in total. The molecule has 2 N–H and O–H groups in total. The highest BCUT2D eigenvalue weighted by atomic mass is 16.5. The van der Waals surface area contributed by atoms with Crippen LogP contribution in [0.5, 0.6) is 5.75 Å². The third-order valence-corrected chi connectivity index (χ3v) is 3.81. The minimum Gasteiger partial charge on any atom is -0.484 e. The molecule has 2 aromatic rings. The Hall–Kier alpha value is -2.82. The largest absolute Gasteiger partial charge is 0.484 e. The molecule has 0 aromatic heterocycles. The van der Waals surface area contributed by atoms with Crippen molar-refractivity contribution in [3.8, 4) is 5.75 Å². The number of carbonyl (C=O) groups is 2. The average molecular weight is 310 g/mol. The number of hydrogen-bond donors (Lipinski definition) is 2. The molecule has 0 saturated carbocycles. The lowest BCUT2D eigenvalue weighted by molar-refractivity contribution is -0.118.